The molecule has 0 aliphatic heterocycles. The number of halogens is 1. The summed E-state index contributed by atoms with van der Waals surface area (Å²) < 4.78 is 13.0. The summed E-state index contributed by atoms with van der Waals surface area (Å²) in [7, 11) is 0. The Morgan fingerprint density at radius 2 is 2.12 bits per heavy atom. The van der Waals surface area contributed by atoms with Crippen molar-refractivity contribution in [1.29, 1.82) is 0 Å². The van der Waals surface area contributed by atoms with Gasteiger partial charge in [-0.05, 0) is 44.5 Å². The van der Waals surface area contributed by atoms with Crippen LogP contribution < -0.4 is 5.32 Å². The Morgan fingerprint density at radius 3 is 2.71 bits per heavy atom. The Labute approximate surface area is 105 Å². The predicted octanol–water partition coefficient (Wildman–Crippen LogP) is 4.07. The third-order valence-corrected chi connectivity index (χ3v) is 3.43. The first-order chi connectivity index (χ1) is 8.06. The van der Waals surface area contributed by atoms with Crippen LogP contribution in [0.5, 0.6) is 0 Å². The van der Waals surface area contributed by atoms with Crippen LogP contribution >= 0.6 is 11.3 Å². The number of thiazole rings is 1. The van der Waals surface area contributed by atoms with Gasteiger partial charge in [0.1, 0.15) is 5.82 Å². The van der Waals surface area contributed by atoms with Gasteiger partial charge in [0.15, 0.2) is 0 Å². The van der Waals surface area contributed by atoms with Crippen molar-refractivity contribution in [2.24, 2.45) is 0 Å². The molecule has 90 valence electrons. The van der Waals surface area contributed by atoms with Gasteiger partial charge in [0.2, 0.25) is 0 Å². The van der Waals surface area contributed by atoms with Crippen molar-refractivity contribution < 1.29 is 4.39 Å². The molecule has 1 heterocycles. The van der Waals surface area contributed by atoms with Crippen LogP contribution in [-0.2, 0) is 0 Å². The first-order valence-corrected chi connectivity index (χ1v) is 6.39. The Morgan fingerprint density at radius 1 is 1.35 bits per heavy atom. The summed E-state index contributed by atoms with van der Waals surface area (Å²) in [6.07, 6.45) is 0. The second kappa shape index (κ2) is 4.84. The van der Waals surface area contributed by atoms with Gasteiger partial charge in [0, 0.05) is 11.1 Å². The van der Waals surface area contributed by atoms with Crippen molar-refractivity contribution in [2.75, 3.05) is 5.32 Å². The van der Waals surface area contributed by atoms with Gasteiger partial charge in [-0.1, -0.05) is 0 Å². The largest absolute Gasteiger partial charge is 0.377 e. The third-order valence-electron chi connectivity index (χ3n) is 2.64. The molecule has 1 N–H and O–H groups in total. The number of hydrogen-bond acceptors (Lipinski definition) is 3. The van der Waals surface area contributed by atoms with E-state index >= 15 is 0 Å². The Bertz CT molecular complexity index is 522. The van der Waals surface area contributed by atoms with E-state index in [0.717, 1.165) is 22.0 Å². The van der Waals surface area contributed by atoms with Gasteiger partial charge < -0.3 is 5.32 Å². The van der Waals surface area contributed by atoms with Crippen LogP contribution in [0, 0.1) is 19.7 Å². The Kier molecular flexibility index (Phi) is 3.43. The van der Waals surface area contributed by atoms with Crippen LogP contribution in [0.4, 0.5) is 10.1 Å². The van der Waals surface area contributed by atoms with E-state index in [1.807, 2.05) is 19.2 Å². The number of aromatic nitrogens is 1. The second-order valence-electron chi connectivity index (χ2n) is 4.12. The molecule has 4 heteroatoms. The highest BCUT2D eigenvalue weighted by Gasteiger charge is 2.10. The van der Waals surface area contributed by atoms with Gasteiger partial charge in [-0.15, -0.1) is 11.3 Å². The number of hydrogen-bond donors (Lipinski definition) is 1. The van der Waals surface area contributed by atoms with E-state index < -0.39 is 0 Å². The van der Waals surface area contributed by atoms with E-state index in [4.69, 9.17) is 0 Å². The highest BCUT2D eigenvalue weighted by molar-refractivity contribution is 7.09. The van der Waals surface area contributed by atoms with Crippen LogP contribution in [0.25, 0.3) is 0 Å². The van der Waals surface area contributed by atoms with E-state index in [-0.39, 0.29) is 11.9 Å². The molecule has 2 rings (SSSR count). The molecule has 1 aromatic heterocycles. The molecular formula is C13H15FN2S. The van der Waals surface area contributed by atoms with Crippen molar-refractivity contribution in [3.05, 3.63) is 45.7 Å². The Hall–Kier alpha value is -1.42. The highest BCUT2D eigenvalue weighted by atomic mass is 32.1. The molecule has 0 aliphatic rings. The van der Waals surface area contributed by atoms with Crippen molar-refractivity contribution in [3.63, 3.8) is 0 Å². The number of nitrogens with zero attached hydrogens (tertiary/aromatic N) is 1. The average molecular weight is 250 g/mol. The molecule has 2 nitrogen and oxygen atoms in total. The molecule has 0 bridgehead atoms. The van der Waals surface area contributed by atoms with E-state index in [2.05, 4.69) is 17.2 Å². The third kappa shape index (κ3) is 2.82. The summed E-state index contributed by atoms with van der Waals surface area (Å²) in [5.74, 6) is -0.204. The molecule has 0 aliphatic carbocycles. The molecule has 0 radical (unpaired) electrons. The maximum absolute atomic E-state index is 13.0. The molecule has 1 aromatic carbocycles. The predicted molar refractivity (Wildman–Crippen MR) is 70.0 cm³/mol. The van der Waals surface area contributed by atoms with Crippen molar-refractivity contribution in [3.8, 4) is 0 Å². The fourth-order valence-electron chi connectivity index (χ4n) is 1.68. The number of anilines is 1. The van der Waals surface area contributed by atoms with Gasteiger partial charge in [0.25, 0.3) is 0 Å². The number of benzene rings is 1. The summed E-state index contributed by atoms with van der Waals surface area (Å²) in [6.45, 7) is 5.94. The summed E-state index contributed by atoms with van der Waals surface area (Å²) in [5, 5.41) is 6.45. The van der Waals surface area contributed by atoms with Gasteiger partial charge in [-0.2, -0.15) is 0 Å². The molecule has 17 heavy (non-hydrogen) atoms. The highest BCUT2D eigenvalue weighted by Crippen LogP contribution is 2.23. The van der Waals surface area contributed by atoms with Crippen LogP contribution in [0.1, 0.15) is 29.2 Å². The number of nitrogens with one attached hydrogen (secondary N) is 1. The quantitative estimate of drug-likeness (QED) is 0.888. The molecule has 0 amide bonds. The Balaban J connectivity index is 2.15. The minimum atomic E-state index is -0.204. The summed E-state index contributed by atoms with van der Waals surface area (Å²) in [6, 6.07) is 4.89. The van der Waals surface area contributed by atoms with Gasteiger partial charge >= 0.3 is 0 Å². The molecule has 1 atom stereocenters. The van der Waals surface area contributed by atoms with Crippen molar-refractivity contribution in [1.82, 2.24) is 4.98 Å². The van der Waals surface area contributed by atoms with Crippen molar-refractivity contribution in [2.45, 2.75) is 26.8 Å². The molecular weight excluding hydrogens is 235 g/mol. The average Bonchev–Trinajstić information content (AvgIpc) is 2.69. The van der Waals surface area contributed by atoms with Crippen LogP contribution in [-0.4, -0.2) is 4.98 Å². The topological polar surface area (TPSA) is 24.9 Å². The molecule has 2 aromatic rings. The zero-order valence-corrected chi connectivity index (χ0v) is 10.9. The first kappa shape index (κ1) is 12.0. The molecule has 1 unspecified atom stereocenters. The standard InChI is InChI=1S/C13H15FN2S/c1-8-6-11(14)4-5-12(8)15-9(2)13-7-17-10(3)16-13/h4-7,9,15H,1-3H3. The molecule has 0 saturated heterocycles. The molecule has 0 saturated carbocycles. The lowest BCUT2D eigenvalue weighted by Crippen LogP contribution is -2.08. The van der Waals surface area contributed by atoms with Crippen LogP contribution in [0.3, 0.4) is 0 Å². The SMILES string of the molecule is Cc1nc(C(C)Nc2ccc(F)cc2C)cs1. The minimum Gasteiger partial charge on any atom is -0.377 e. The summed E-state index contributed by atoms with van der Waals surface area (Å²) in [5.41, 5.74) is 2.88. The second-order valence-corrected chi connectivity index (χ2v) is 5.18. The lowest BCUT2D eigenvalue weighted by atomic mass is 10.1. The van der Waals surface area contributed by atoms with Gasteiger partial charge in [-0.3, -0.25) is 0 Å². The monoisotopic (exact) mass is 250 g/mol. The lowest BCUT2D eigenvalue weighted by Gasteiger charge is -2.15. The minimum absolute atomic E-state index is 0.129. The maximum Gasteiger partial charge on any atom is 0.123 e. The smallest absolute Gasteiger partial charge is 0.123 e. The maximum atomic E-state index is 13.0. The van der Waals surface area contributed by atoms with Gasteiger partial charge in [-0.25, -0.2) is 9.37 Å². The van der Waals surface area contributed by atoms with E-state index in [9.17, 15) is 4.39 Å². The molecule has 0 fully saturated rings. The van der Waals surface area contributed by atoms with E-state index in [1.165, 1.54) is 12.1 Å². The van der Waals surface area contributed by atoms with E-state index in [1.54, 1.807) is 17.4 Å². The molecule has 0 spiro atoms. The lowest BCUT2D eigenvalue weighted by molar-refractivity contribution is 0.626. The normalized spacial score (nSPS) is 12.5. The van der Waals surface area contributed by atoms with Crippen LogP contribution in [0.2, 0.25) is 0 Å². The number of aryl methyl sites for hydroxylation is 2. The van der Waals surface area contributed by atoms with Gasteiger partial charge in [0.05, 0.1) is 16.7 Å². The summed E-state index contributed by atoms with van der Waals surface area (Å²) >= 11 is 1.64. The zero-order chi connectivity index (χ0) is 12.4. The number of rotatable bonds is 3. The first-order valence-electron chi connectivity index (χ1n) is 5.51. The van der Waals surface area contributed by atoms with Crippen molar-refractivity contribution >= 4 is 17.0 Å². The fraction of sp³-hybridized carbons (Fsp3) is 0.308. The van der Waals surface area contributed by atoms with Crippen LogP contribution in [0.15, 0.2) is 23.6 Å². The summed E-state index contributed by atoms with van der Waals surface area (Å²) in [4.78, 5) is 4.44. The fourth-order valence-corrected chi connectivity index (χ4v) is 2.38. The van der Waals surface area contributed by atoms with E-state index in [0.29, 0.717) is 0 Å². The zero-order valence-electron chi connectivity index (χ0n) is 10.1.